The van der Waals surface area contributed by atoms with Crippen LogP contribution in [-0.4, -0.2) is 26.6 Å². The van der Waals surface area contributed by atoms with Crippen molar-refractivity contribution in [2.24, 2.45) is 5.73 Å². The van der Waals surface area contributed by atoms with Crippen LogP contribution in [0.15, 0.2) is 73.1 Å². The molecule has 8 heteroatoms. The SMILES string of the molecule is Cc1ccccc1C(=O)NCc1ccc(-c2nn(-c3ccncc3)c(N)c2C(N)=O)cc1. The smallest absolute Gasteiger partial charge is 0.254 e. The number of aryl methyl sites for hydroxylation is 1. The van der Waals surface area contributed by atoms with Crippen molar-refractivity contribution in [1.29, 1.82) is 0 Å². The lowest BCUT2D eigenvalue weighted by Crippen LogP contribution is -2.23. The van der Waals surface area contributed by atoms with Crippen molar-refractivity contribution in [2.75, 3.05) is 5.73 Å². The number of nitrogens with zero attached hydrogens (tertiary/aromatic N) is 3. The second kappa shape index (κ2) is 8.73. The third-order valence-electron chi connectivity index (χ3n) is 5.14. The van der Waals surface area contributed by atoms with E-state index in [0.29, 0.717) is 29.1 Å². The van der Waals surface area contributed by atoms with E-state index in [4.69, 9.17) is 11.5 Å². The van der Waals surface area contributed by atoms with Crippen LogP contribution in [0, 0.1) is 6.92 Å². The fourth-order valence-corrected chi connectivity index (χ4v) is 3.44. The first kappa shape index (κ1) is 20.8. The van der Waals surface area contributed by atoms with Gasteiger partial charge in [0, 0.05) is 30.1 Å². The molecule has 0 saturated heterocycles. The van der Waals surface area contributed by atoms with Gasteiger partial charge in [0.25, 0.3) is 11.8 Å². The van der Waals surface area contributed by atoms with E-state index in [9.17, 15) is 9.59 Å². The number of pyridine rings is 1. The Morgan fingerprint density at radius 3 is 2.34 bits per heavy atom. The molecule has 0 radical (unpaired) electrons. The summed E-state index contributed by atoms with van der Waals surface area (Å²) in [7, 11) is 0. The lowest BCUT2D eigenvalue weighted by atomic mass is 10.0. The summed E-state index contributed by atoms with van der Waals surface area (Å²) in [6.45, 7) is 2.26. The standard InChI is InChI=1S/C24H22N6O2/c1-15-4-2-3-5-19(15)24(32)28-14-16-6-8-17(9-7-16)21-20(23(26)31)22(25)30(29-21)18-10-12-27-13-11-18/h2-13H,14,25H2,1H3,(H2,26,31)(H,28,32). The predicted molar refractivity (Wildman–Crippen MR) is 122 cm³/mol. The Hall–Kier alpha value is -4.46. The van der Waals surface area contributed by atoms with E-state index >= 15 is 0 Å². The van der Waals surface area contributed by atoms with Crippen molar-refractivity contribution >= 4 is 17.6 Å². The van der Waals surface area contributed by atoms with Gasteiger partial charge in [-0.25, -0.2) is 4.68 Å². The van der Waals surface area contributed by atoms with Gasteiger partial charge in [0.15, 0.2) is 0 Å². The van der Waals surface area contributed by atoms with Gasteiger partial charge in [-0.15, -0.1) is 0 Å². The molecule has 0 aliphatic heterocycles. The first-order valence-corrected chi connectivity index (χ1v) is 9.97. The lowest BCUT2D eigenvalue weighted by molar-refractivity contribution is 0.0949. The van der Waals surface area contributed by atoms with Gasteiger partial charge < -0.3 is 16.8 Å². The molecule has 0 unspecified atom stereocenters. The van der Waals surface area contributed by atoms with E-state index in [0.717, 1.165) is 11.1 Å². The summed E-state index contributed by atoms with van der Waals surface area (Å²) < 4.78 is 1.47. The van der Waals surface area contributed by atoms with Crippen LogP contribution in [0.25, 0.3) is 16.9 Å². The van der Waals surface area contributed by atoms with Crippen LogP contribution in [0.5, 0.6) is 0 Å². The van der Waals surface area contributed by atoms with Crippen molar-refractivity contribution in [2.45, 2.75) is 13.5 Å². The number of benzene rings is 2. The number of hydrogen-bond donors (Lipinski definition) is 3. The molecule has 2 aromatic heterocycles. The van der Waals surface area contributed by atoms with Gasteiger partial charge >= 0.3 is 0 Å². The highest BCUT2D eigenvalue weighted by Gasteiger charge is 2.22. The number of rotatable bonds is 6. The molecule has 0 fully saturated rings. The number of nitrogen functional groups attached to an aromatic ring is 1. The molecule has 4 aromatic rings. The zero-order valence-corrected chi connectivity index (χ0v) is 17.4. The number of amides is 2. The molecule has 0 aliphatic carbocycles. The summed E-state index contributed by atoms with van der Waals surface area (Å²) in [6, 6.07) is 18.3. The van der Waals surface area contributed by atoms with Gasteiger partial charge in [0.1, 0.15) is 17.1 Å². The number of anilines is 1. The van der Waals surface area contributed by atoms with Crippen molar-refractivity contribution in [3.8, 4) is 16.9 Å². The quantitative estimate of drug-likeness (QED) is 0.437. The largest absolute Gasteiger partial charge is 0.383 e. The van der Waals surface area contributed by atoms with Crippen LogP contribution in [0.2, 0.25) is 0 Å². The topological polar surface area (TPSA) is 129 Å². The zero-order chi connectivity index (χ0) is 22.7. The Morgan fingerprint density at radius 2 is 1.69 bits per heavy atom. The second-order valence-electron chi connectivity index (χ2n) is 7.28. The van der Waals surface area contributed by atoms with Gasteiger partial charge in [-0.05, 0) is 36.2 Å². The number of nitrogens with two attached hydrogens (primary N) is 2. The minimum absolute atomic E-state index is 0.132. The Labute approximate surface area is 184 Å². The van der Waals surface area contributed by atoms with E-state index < -0.39 is 5.91 Å². The maximum Gasteiger partial charge on any atom is 0.254 e. The molecule has 0 bridgehead atoms. The van der Waals surface area contributed by atoms with Crippen molar-refractivity contribution in [1.82, 2.24) is 20.1 Å². The zero-order valence-electron chi connectivity index (χ0n) is 17.4. The summed E-state index contributed by atoms with van der Waals surface area (Å²) in [6.07, 6.45) is 3.22. The Balaban J connectivity index is 1.57. The average molecular weight is 426 g/mol. The Kier molecular flexibility index (Phi) is 5.67. The molecule has 5 N–H and O–H groups in total. The van der Waals surface area contributed by atoms with Crippen LogP contribution in [0.3, 0.4) is 0 Å². The van der Waals surface area contributed by atoms with E-state index in [1.165, 1.54) is 4.68 Å². The van der Waals surface area contributed by atoms with Gasteiger partial charge in [-0.3, -0.25) is 14.6 Å². The second-order valence-corrected chi connectivity index (χ2v) is 7.28. The summed E-state index contributed by atoms with van der Waals surface area (Å²) in [5, 5.41) is 7.44. The Morgan fingerprint density at radius 1 is 1.00 bits per heavy atom. The summed E-state index contributed by atoms with van der Waals surface area (Å²) in [4.78, 5) is 28.5. The molecule has 160 valence electrons. The normalized spacial score (nSPS) is 10.7. The minimum Gasteiger partial charge on any atom is -0.383 e. The number of primary amides is 1. The first-order valence-electron chi connectivity index (χ1n) is 9.97. The molecule has 4 rings (SSSR count). The van der Waals surface area contributed by atoms with Crippen molar-refractivity contribution in [3.63, 3.8) is 0 Å². The van der Waals surface area contributed by atoms with Crippen molar-refractivity contribution in [3.05, 3.63) is 95.3 Å². The van der Waals surface area contributed by atoms with E-state index in [-0.39, 0.29) is 17.3 Å². The number of carbonyl (C=O) groups excluding carboxylic acids is 2. The summed E-state index contributed by atoms with van der Waals surface area (Å²) >= 11 is 0. The van der Waals surface area contributed by atoms with Gasteiger partial charge in [0.05, 0.1) is 5.69 Å². The van der Waals surface area contributed by atoms with Gasteiger partial charge in [-0.2, -0.15) is 5.10 Å². The minimum atomic E-state index is -0.660. The van der Waals surface area contributed by atoms with Crippen LogP contribution in [0.4, 0.5) is 5.82 Å². The molecule has 2 heterocycles. The highest BCUT2D eigenvalue weighted by molar-refractivity contribution is 6.03. The molecule has 8 nitrogen and oxygen atoms in total. The number of hydrogen-bond acceptors (Lipinski definition) is 5. The van der Waals surface area contributed by atoms with Crippen LogP contribution in [-0.2, 0) is 6.54 Å². The van der Waals surface area contributed by atoms with E-state index in [1.807, 2.05) is 49.4 Å². The van der Waals surface area contributed by atoms with Crippen molar-refractivity contribution < 1.29 is 9.59 Å². The fourth-order valence-electron chi connectivity index (χ4n) is 3.44. The molecular formula is C24H22N6O2. The molecule has 2 amide bonds. The average Bonchev–Trinajstić information content (AvgIpc) is 3.16. The van der Waals surface area contributed by atoms with E-state index in [1.54, 1.807) is 30.6 Å². The third kappa shape index (κ3) is 4.06. The monoisotopic (exact) mass is 426 g/mol. The van der Waals surface area contributed by atoms with Crippen LogP contribution in [0.1, 0.15) is 31.8 Å². The summed E-state index contributed by atoms with van der Waals surface area (Å²) in [5.74, 6) is -0.632. The Bertz CT molecular complexity index is 1280. The van der Waals surface area contributed by atoms with Crippen LogP contribution < -0.4 is 16.8 Å². The molecule has 2 aromatic carbocycles. The molecule has 0 spiro atoms. The van der Waals surface area contributed by atoms with Crippen LogP contribution >= 0.6 is 0 Å². The molecule has 0 saturated carbocycles. The number of carbonyl (C=O) groups is 2. The first-order chi connectivity index (χ1) is 15.5. The maximum atomic E-state index is 12.4. The van der Waals surface area contributed by atoms with Gasteiger partial charge in [-0.1, -0.05) is 42.5 Å². The molecular weight excluding hydrogens is 404 g/mol. The third-order valence-corrected chi connectivity index (χ3v) is 5.14. The summed E-state index contributed by atoms with van der Waals surface area (Å²) in [5.41, 5.74) is 16.1. The predicted octanol–water partition coefficient (Wildman–Crippen LogP) is 2.85. The molecule has 32 heavy (non-hydrogen) atoms. The van der Waals surface area contributed by atoms with Gasteiger partial charge in [0.2, 0.25) is 0 Å². The highest BCUT2D eigenvalue weighted by Crippen LogP contribution is 2.29. The fraction of sp³-hybridized carbons (Fsp3) is 0.0833. The maximum absolute atomic E-state index is 12.4. The molecule has 0 atom stereocenters. The number of aromatic nitrogens is 3. The lowest BCUT2D eigenvalue weighted by Gasteiger charge is -2.08. The highest BCUT2D eigenvalue weighted by atomic mass is 16.2. The number of nitrogens with one attached hydrogen (secondary N) is 1. The van der Waals surface area contributed by atoms with E-state index in [2.05, 4.69) is 15.4 Å². The molecule has 0 aliphatic rings.